The number of hydrogen-bond donors (Lipinski definition) is 2. The van der Waals surface area contributed by atoms with Gasteiger partial charge in [0.15, 0.2) is 0 Å². The van der Waals surface area contributed by atoms with Crippen LogP contribution in [0.15, 0.2) is 35.7 Å². The SMILES string of the molecule is COC(=O)c1ccsc1NC(=O)c1ccc(O)cc1. The van der Waals surface area contributed by atoms with Crippen LogP contribution in [0.5, 0.6) is 5.75 Å². The number of phenols is 1. The fraction of sp³-hybridized carbons (Fsp3) is 0.0769. The fourth-order valence-corrected chi connectivity index (χ4v) is 2.24. The van der Waals surface area contributed by atoms with Gasteiger partial charge in [-0.1, -0.05) is 0 Å². The minimum Gasteiger partial charge on any atom is -0.508 e. The number of thiophene rings is 1. The number of nitrogens with one attached hydrogen (secondary N) is 1. The van der Waals surface area contributed by atoms with Gasteiger partial charge in [0.1, 0.15) is 10.8 Å². The number of methoxy groups -OCH3 is 1. The molecule has 0 spiro atoms. The Hall–Kier alpha value is -2.34. The highest BCUT2D eigenvalue weighted by Crippen LogP contribution is 2.24. The summed E-state index contributed by atoms with van der Waals surface area (Å²) in [6.45, 7) is 0. The second kappa shape index (κ2) is 5.53. The maximum absolute atomic E-state index is 11.9. The molecule has 1 aromatic heterocycles. The zero-order valence-electron chi connectivity index (χ0n) is 10.0. The molecule has 6 heteroatoms. The van der Waals surface area contributed by atoms with Gasteiger partial charge in [-0.05, 0) is 35.7 Å². The van der Waals surface area contributed by atoms with Gasteiger partial charge in [-0.15, -0.1) is 11.3 Å². The Morgan fingerprint density at radius 3 is 2.53 bits per heavy atom. The van der Waals surface area contributed by atoms with Crippen molar-refractivity contribution < 1.29 is 19.4 Å². The van der Waals surface area contributed by atoms with Gasteiger partial charge in [-0.25, -0.2) is 4.79 Å². The average Bonchev–Trinajstić information content (AvgIpc) is 2.86. The van der Waals surface area contributed by atoms with Gasteiger partial charge in [-0.2, -0.15) is 0 Å². The lowest BCUT2D eigenvalue weighted by atomic mass is 10.2. The van der Waals surface area contributed by atoms with Crippen LogP contribution in [0.1, 0.15) is 20.7 Å². The topological polar surface area (TPSA) is 75.6 Å². The van der Waals surface area contributed by atoms with Crippen LogP contribution >= 0.6 is 11.3 Å². The van der Waals surface area contributed by atoms with Crippen molar-refractivity contribution in [2.45, 2.75) is 0 Å². The smallest absolute Gasteiger partial charge is 0.340 e. The molecule has 1 aromatic carbocycles. The minimum atomic E-state index is -0.498. The molecular weight excluding hydrogens is 266 g/mol. The Labute approximate surface area is 113 Å². The molecule has 2 rings (SSSR count). The molecule has 0 atom stereocenters. The summed E-state index contributed by atoms with van der Waals surface area (Å²) in [4.78, 5) is 23.4. The third-order valence-electron chi connectivity index (χ3n) is 2.43. The summed E-state index contributed by atoms with van der Waals surface area (Å²) >= 11 is 1.24. The number of esters is 1. The van der Waals surface area contributed by atoms with E-state index in [1.54, 1.807) is 11.4 Å². The molecule has 0 bridgehead atoms. The Bertz CT molecular complexity index is 603. The number of aromatic hydroxyl groups is 1. The van der Waals surface area contributed by atoms with Crippen molar-refractivity contribution in [3.63, 3.8) is 0 Å². The molecule has 1 amide bonds. The zero-order chi connectivity index (χ0) is 13.8. The number of anilines is 1. The largest absolute Gasteiger partial charge is 0.508 e. The maximum Gasteiger partial charge on any atom is 0.340 e. The van der Waals surface area contributed by atoms with E-state index in [1.165, 1.54) is 42.7 Å². The van der Waals surface area contributed by atoms with E-state index in [2.05, 4.69) is 10.1 Å². The van der Waals surface area contributed by atoms with Gasteiger partial charge in [-0.3, -0.25) is 4.79 Å². The van der Waals surface area contributed by atoms with Gasteiger partial charge in [0.2, 0.25) is 0 Å². The first-order valence-electron chi connectivity index (χ1n) is 5.38. The first kappa shape index (κ1) is 13.1. The molecule has 0 aliphatic heterocycles. The second-order valence-electron chi connectivity index (χ2n) is 3.66. The minimum absolute atomic E-state index is 0.0860. The van der Waals surface area contributed by atoms with Crippen LogP contribution in [-0.4, -0.2) is 24.1 Å². The first-order valence-corrected chi connectivity index (χ1v) is 6.26. The first-order chi connectivity index (χ1) is 9.11. The van der Waals surface area contributed by atoms with E-state index in [9.17, 15) is 9.59 Å². The summed E-state index contributed by atoms with van der Waals surface area (Å²) in [5.74, 6) is -0.766. The lowest BCUT2D eigenvalue weighted by molar-refractivity contribution is 0.0602. The van der Waals surface area contributed by atoms with Crippen molar-refractivity contribution in [1.29, 1.82) is 0 Å². The number of rotatable bonds is 3. The van der Waals surface area contributed by atoms with Crippen LogP contribution < -0.4 is 5.32 Å². The Balaban J connectivity index is 2.17. The van der Waals surface area contributed by atoms with Crippen molar-refractivity contribution in [2.75, 3.05) is 12.4 Å². The molecule has 0 aliphatic rings. The van der Waals surface area contributed by atoms with Crippen LogP contribution in [0.2, 0.25) is 0 Å². The monoisotopic (exact) mass is 277 g/mol. The summed E-state index contributed by atoms with van der Waals surface area (Å²) in [5, 5.41) is 13.9. The molecule has 19 heavy (non-hydrogen) atoms. The Morgan fingerprint density at radius 2 is 1.89 bits per heavy atom. The van der Waals surface area contributed by atoms with E-state index in [4.69, 9.17) is 5.11 Å². The van der Waals surface area contributed by atoms with Gasteiger partial charge in [0, 0.05) is 5.56 Å². The highest BCUT2D eigenvalue weighted by atomic mass is 32.1. The molecule has 0 aliphatic carbocycles. The predicted octanol–water partition coefficient (Wildman–Crippen LogP) is 2.49. The van der Waals surface area contributed by atoms with E-state index in [0.29, 0.717) is 16.1 Å². The van der Waals surface area contributed by atoms with E-state index >= 15 is 0 Å². The lowest BCUT2D eigenvalue weighted by Gasteiger charge is -2.05. The molecule has 1 heterocycles. The molecule has 2 aromatic rings. The molecule has 2 N–H and O–H groups in total. The Kier molecular flexibility index (Phi) is 3.82. The Morgan fingerprint density at radius 1 is 1.21 bits per heavy atom. The van der Waals surface area contributed by atoms with Gasteiger partial charge < -0.3 is 15.2 Å². The van der Waals surface area contributed by atoms with Crippen LogP contribution in [0.25, 0.3) is 0 Å². The van der Waals surface area contributed by atoms with Gasteiger partial charge >= 0.3 is 5.97 Å². The highest BCUT2D eigenvalue weighted by Gasteiger charge is 2.16. The number of carbonyl (C=O) groups is 2. The number of ether oxygens (including phenoxy) is 1. The standard InChI is InChI=1S/C13H11NO4S/c1-18-13(17)10-6-7-19-12(10)14-11(16)8-2-4-9(15)5-3-8/h2-7,15H,1H3,(H,14,16). The summed E-state index contributed by atoms with van der Waals surface area (Å²) in [7, 11) is 1.28. The van der Waals surface area contributed by atoms with Crippen molar-refractivity contribution >= 4 is 28.2 Å². The third kappa shape index (κ3) is 2.92. The number of benzene rings is 1. The van der Waals surface area contributed by atoms with Crippen LogP contribution in [0.4, 0.5) is 5.00 Å². The highest BCUT2D eigenvalue weighted by molar-refractivity contribution is 7.14. The third-order valence-corrected chi connectivity index (χ3v) is 3.26. The molecule has 0 unspecified atom stereocenters. The summed E-state index contributed by atoms with van der Waals surface area (Å²) in [5.41, 5.74) is 0.710. The second-order valence-corrected chi connectivity index (χ2v) is 4.57. The van der Waals surface area contributed by atoms with E-state index < -0.39 is 5.97 Å². The number of amides is 1. The lowest BCUT2D eigenvalue weighted by Crippen LogP contribution is -2.13. The predicted molar refractivity (Wildman–Crippen MR) is 71.7 cm³/mol. The summed E-state index contributed by atoms with van der Waals surface area (Å²) < 4.78 is 4.62. The van der Waals surface area contributed by atoms with Crippen molar-refractivity contribution in [3.8, 4) is 5.75 Å². The summed E-state index contributed by atoms with van der Waals surface area (Å²) in [6.07, 6.45) is 0. The van der Waals surface area contributed by atoms with Crippen LogP contribution in [-0.2, 0) is 4.74 Å². The van der Waals surface area contributed by atoms with Gasteiger partial charge in [0.25, 0.3) is 5.91 Å². The molecule has 5 nitrogen and oxygen atoms in total. The maximum atomic E-state index is 11.9. The molecule has 98 valence electrons. The molecule has 0 radical (unpaired) electrons. The van der Waals surface area contributed by atoms with E-state index in [1.807, 2.05) is 0 Å². The molecule has 0 fully saturated rings. The average molecular weight is 277 g/mol. The van der Waals surface area contributed by atoms with Crippen molar-refractivity contribution in [2.24, 2.45) is 0 Å². The van der Waals surface area contributed by atoms with Crippen LogP contribution in [0, 0.1) is 0 Å². The quantitative estimate of drug-likeness (QED) is 0.845. The number of carbonyl (C=O) groups excluding carboxylic acids is 2. The molecule has 0 saturated heterocycles. The molecular formula is C13H11NO4S. The van der Waals surface area contributed by atoms with Gasteiger partial charge in [0.05, 0.1) is 12.7 Å². The number of hydrogen-bond acceptors (Lipinski definition) is 5. The van der Waals surface area contributed by atoms with Crippen molar-refractivity contribution in [1.82, 2.24) is 0 Å². The van der Waals surface area contributed by atoms with Crippen LogP contribution in [0.3, 0.4) is 0 Å². The number of phenolic OH excluding ortho intramolecular Hbond substituents is 1. The van der Waals surface area contributed by atoms with E-state index in [-0.39, 0.29) is 11.7 Å². The zero-order valence-corrected chi connectivity index (χ0v) is 10.9. The fourth-order valence-electron chi connectivity index (χ4n) is 1.46. The van der Waals surface area contributed by atoms with Crippen molar-refractivity contribution in [3.05, 3.63) is 46.8 Å². The summed E-state index contributed by atoms with van der Waals surface area (Å²) in [6, 6.07) is 7.42. The normalized spacial score (nSPS) is 9.95. The van der Waals surface area contributed by atoms with E-state index in [0.717, 1.165) is 0 Å². The molecule has 0 saturated carbocycles.